The predicted octanol–water partition coefficient (Wildman–Crippen LogP) is 6.99. The van der Waals surface area contributed by atoms with Crippen molar-refractivity contribution >= 4 is 0 Å². The third-order valence-electron chi connectivity index (χ3n) is 5.04. The van der Waals surface area contributed by atoms with Gasteiger partial charge in [-0.25, -0.2) is 0 Å². The van der Waals surface area contributed by atoms with E-state index in [-0.39, 0.29) is 0 Å². The minimum absolute atomic E-state index is 0.522. The number of allylic oxidation sites excluding steroid dienone is 2. The Balaban J connectivity index is 3.12. The second-order valence-corrected chi connectivity index (χ2v) is 7.83. The molecule has 2 heteroatoms. The Morgan fingerprint density at radius 3 is 1.72 bits per heavy atom. The first kappa shape index (κ1) is 24.7. The molecule has 2 nitrogen and oxygen atoms in total. The number of unbranched alkanes of at least 4 members (excludes halogenated alkanes) is 12. The van der Waals surface area contributed by atoms with Gasteiger partial charge in [-0.15, -0.1) is 0 Å². The van der Waals surface area contributed by atoms with Crippen LogP contribution in [0.2, 0.25) is 0 Å². The lowest BCUT2D eigenvalue weighted by Gasteiger charge is -2.19. The predicted molar refractivity (Wildman–Crippen MR) is 113 cm³/mol. The molecular formula is C23H47NO. The topological polar surface area (TPSA) is 12.5 Å². The molecule has 0 amide bonds. The summed E-state index contributed by atoms with van der Waals surface area (Å²) >= 11 is 0. The molecule has 0 aliphatic carbocycles. The van der Waals surface area contributed by atoms with E-state index in [4.69, 9.17) is 4.74 Å². The minimum Gasteiger partial charge on any atom is -0.380 e. The molecule has 0 aromatic heterocycles. The van der Waals surface area contributed by atoms with Crippen molar-refractivity contribution < 1.29 is 4.74 Å². The van der Waals surface area contributed by atoms with Crippen molar-refractivity contribution in [1.29, 1.82) is 0 Å². The maximum absolute atomic E-state index is 5.73. The SMILES string of the molecule is CCCCCCCC/C=C\CCCCCCCCOCC(C)N(C)C. The molecule has 0 saturated heterocycles. The molecule has 0 aromatic carbocycles. The van der Waals surface area contributed by atoms with Crippen molar-refractivity contribution in [1.82, 2.24) is 4.90 Å². The highest BCUT2D eigenvalue weighted by molar-refractivity contribution is 4.81. The Morgan fingerprint density at radius 1 is 0.720 bits per heavy atom. The van der Waals surface area contributed by atoms with Gasteiger partial charge in [0.1, 0.15) is 0 Å². The van der Waals surface area contributed by atoms with Crippen molar-refractivity contribution in [2.75, 3.05) is 27.3 Å². The second kappa shape index (κ2) is 20.0. The standard InChI is InChI=1S/C23H47NO/c1-5-6-7-8-9-10-11-12-13-14-15-16-17-18-19-20-21-25-22-23(2)24(3)4/h12-13,23H,5-11,14-22H2,1-4H3/b13-12-. The third-order valence-corrected chi connectivity index (χ3v) is 5.04. The van der Waals surface area contributed by atoms with E-state index in [1.165, 1.54) is 89.9 Å². The summed E-state index contributed by atoms with van der Waals surface area (Å²) in [5.41, 5.74) is 0. The highest BCUT2D eigenvalue weighted by atomic mass is 16.5. The van der Waals surface area contributed by atoms with E-state index in [1.807, 2.05) is 0 Å². The van der Waals surface area contributed by atoms with Crippen LogP contribution >= 0.6 is 0 Å². The van der Waals surface area contributed by atoms with E-state index in [9.17, 15) is 0 Å². The highest BCUT2D eigenvalue weighted by Gasteiger charge is 2.03. The van der Waals surface area contributed by atoms with Crippen LogP contribution in [0, 0.1) is 0 Å². The molecule has 25 heavy (non-hydrogen) atoms. The summed E-state index contributed by atoms with van der Waals surface area (Å²) < 4.78 is 5.73. The van der Waals surface area contributed by atoms with Gasteiger partial charge in [-0.05, 0) is 53.1 Å². The molecule has 0 radical (unpaired) electrons. The van der Waals surface area contributed by atoms with Crippen molar-refractivity contribution in [2.45, 2.75) is 110 Å². The summed E-state index contributed by atoms with van der Waals surface area (Å²) in [7, 11) is 4.22. The fourth-order valence-electron chi connectivity index (χ4n) is 2.85. The van der Waals surface area contributed by atoms with Crippen molar-refractivity contribution in [3.8, 4) is 0 Å². The van der Waals surface area contributed by atoms with Gasteiger partial charge < -0.3 is 9.64 Å². The quantitative estimate of drug-likeness (QED) is 0.183. The van der Waals surface area contributed by atoms with Gasteiger partial charge >= 0.3 is 0 Å². The number of hydrogen-bond acceptors (Lipinski definition) is 2. The van der Waals surface area contributed by atoms with Crippen molar-refractivity contribution in [3.05, 3.63) is 12.2 Å². The Bertz CT molecular complexity index is 275. The van der Waals surface area contributed by atoms with E-state index in [1.54, 1.807) is 0 Å². The van der Waals surface area contributed by atoms with Crippen molar-refractivity contribution in [3.63, 3.8) is 0 Å². The first-order valence-electron chi connectivity index (χ1n) is 11.1. The number of ether oxygens (including phenoxy) is 1. The third kappa shape index (κ3) is 19.8. The Labute approximate surface area is 159 Å². The first-order valence-corrected chi connectivity index (χ1v) is 11.1. The Morgan fingerprint density at radius 2 is 1.20 bits per heavy atom. The average molecular weight is 354 g/mol. The van der Waals surface area contributed by atoms with E-state index in [2.05, 4.69) is 45.0 Å². The van der Waals surface area contributed by atoms with Gasteiger partial charge in [0.05, 0.1) is 6.61 Å². The normalized spacial score (nSPS) is 13.2. The van der Waals surface area contributed by atoms with Crippen LogP contribution in [0.3, 0.4) is 0 Å². The minimum atomic E-state index is 0.522. The largest absolute Gasteiger partial charge is 0.380 e. The summed E-state index contributed by atoms with van der Waals surface area (Å²) in [6.07, 6.45) is 23.9. The highest BCUT2D eigenvalue weighted by Crippen LogP contribution is 2.10. The first-order chi connectivity index (χ1) is 12.2. The molecule has 0 rings (SSSR count). The van der Waals surface area contributed by atoms with Gasteiger partial charge in [0.2, 0.25) is 0 Å². The van der Waals surface area contributed by atoms with E-state index >= 15 is 0 Å². The summed E-state index contributed by atoms with van der Waals surface area (Å²) in [4.78, 5) is 2.21. The van der Waals surface area contributed by atoms with Gasteiger partial charge in [-0.3, -0.25) is 0 Å². The van der Waals surface area contributed by atoms with E-state index in [0.717, 1.165) is 13.2 Å². The number of hydrogen-bond donors (Lipinski definition) is 0. The molecule has 150 valence electrons. The molecule has 0 heterocycles. The summed E-state index contributed by atoms with van der Waals surface area (Å²) in [6.45, 7) is 6.28. The molecule has 0 aromatic rings. The smallest absolute Gasteiger partial charge is 0.0618 e. The van der Waals surface area contributed by atoms with Gasteiger partial charge in [0.15, 0.2) is 0 Å². The molecule has 0 fully saturated rings. The second-order valence-electron chi connectivity index (χ2n) is 7.83. The lowest BCUT2D eigenvalue weighted by molar-refractivity contribution is 0.0832. The number of nitrogens with zero attached hydrogens (tertiary/aromatic N) is 1. The van der Waals surface area contributed by atoms with Gasteiger partial charge in [-0.1, -0.05) is 76.9 Å². The Kier molecular flexibility index (Phi) is 19.7. The molecule has 1 atom stereocenters. The van der Waals surface area contributed by atoms with Crippen LogP contribution in [-0.4, -0.2) is 38.3 Å². The lowest BCUT2D eigenvalue weighted by Crippen LogP contribution is -2.29. The fraction of sp³-hybridized carbons (Fsp3) is 0.913. The Hall–Kier alpha value is -0.340. The van der Waals surface area contributed by atoms with Crippen LogP contribution < -0.4 is 0 Å². The molecule has 0 spiro atoms. The van der Waals surface area contributed by atoms with Crippen LogP contribution in [0.1, 0.15) is 104 Å². The average Bonchev–Trinajstić information content (AvgIpc) is 2.60. The molecule has 0 bridgehead atoms. The molecule has 0 aliphatic rings. The monoisotopic (exact) mass is 353 g/mol. The fourth-order valence-corrected chi connectivity index (χ4v) is 2.85. The zero-order chi connectivity index (χ0) is 18.6. The van der Waals surface area contributed by atoms with Gasteiger partial charge in [0.25, 0.3) is 0 Å². The van der Waals surface area contributed by atoms with Gasteiger partial charge in [-0.2, -0.15) is 0 Å². The zero-order valence-electron chi connectivity index (χ0n) is 17.9. The van der Waals surface area contributed by atoms with Crippen LogP contribution in [0.15, 0.2) is 12.2 Å². The zero-order valence-corrected chi connectivity index (χ0v) is 17.9. The van der Waals surface area contributed by atoms with Crippen LogP contribution in [0.5, 0.6) is 0 Å². The van der Waals surface area contributed by atoms with E-state index in [0.29, 0.717) is 6.04 Å². The number of rotatable bonds is 19. The van der Waals surface area contributed by atoms with Crippen LogP contribution in [0.25, 0.3) is 0 Å². The van der Waals surface area contributed by atoms with Crippen molar-refractivity contribution in [2.24, 2.45) is 0 Å². The lowest BCUT2D eigenvalue weighted by atomic mass is 10.1. The van der Waals surface area contributed by atoms with E-state index < -0.39 is 0 Å². The van der Waals surface area contributed by atoms with Gasteiger partial charge in [0, 0.05) is 12.6 Å². The molecule has 0 N–H and O–H groups in total. The maximum Gasteiger partial charge on any atom is 0.0618 e. The summed E-state index contributed by atoms with van der Waals surface area (Å²) in [6, 6.07) is 0.522. The summed E-state index contributed by atoms with van der Waals surface area (Å²) in [5, 5.41) is 0. The molecule has 0 aliphatic heterocycles. The molecule has 0 saturated carbocycles. The molecule has 1 unspecified atom stereocenters. The number of likely N-dealkylation sites (N-methyl/N-ethyl adjacent to an activating group) is 1. The maximum atomic E-state index is 5.73. The summed E-state index contributed by atoms with van der Waals surface area (Å²) in [5.74, 6) is 0. The molecular weight excluding hydrogens is 306 g/mol. The van der Waals surface area contributed by atoms with Crippen LogP contribution in [-0.2, 0) is 4.74 Å². The van der Waals surface area contributed by atoms with Crippen LogP contribution in [0.4, 0.5) is 0 Å².